The molecule has 2 aliphatic rings. The third kappa shape index (κ3) is 8.43. The van der Waals surface area contributed by atoms with Crippen LogP contribution in [0.4, 0.5) is 5.69 Å². The minimum Gasteiger partial charge on any atom is -0.494 e. The largest absolute Gasteiger partial charge is 0.494 e. The number of aromatic nitrogens is 2. The van der Waals surface area contributed by atoms with Crippen molar-refractivity contribution in [3.63, 3.8) is 0 Å². The molecule has 0 bridgehead atoms. The van der Waals surface area contributed by atoms with E-state index >= 15 is 0 Å². The molecule has 2 aliphatic heterocycles. The second kappa shape index (κ2) is 16.2. The lowest BCUT2D eigenvalue weighted by Crippen LogP contribution is -2.34. The van der Waals surface area contributed by atoms with Gasteiger partial charge in [-0.15, -0.1) is 0 Å². The molecule has 236 valence electrons. The fourth-order valence-corrected chi connectivity index (χ4v) is 6.99. The predicted molar refractivity (Wildman–Crippen MR) is 187 cm³/mol. The lowest BCUT2D eigenvalue weighted by molar-refractivity contribution is -0.697. The van der Waals surface area contributed by atoms with Gasteiger partial charge in [0.15, 0.2) is 12.4 Å². The highest BCUT2D eigenvalue weighted by molar-refractivity contribution is 5.90. The van der Waals surface area contributed by atoms with Crippen molar-refractivity contribution in [2.45, 2.75) is 83.6 Å². The van der Waals surface area contributed by atoms with Crippen molar-refractivity contribution in [3.8, 4) is 22.9 Å². The van der Waals surface area contributed by atoms with Gasteiger partial charge in [-0.25, -0.2) is 4.57 Å². The molecule has 0 unspecified atom stereocenters. The molecule has 0 saturated carbocycles. The highest BCUT2D eigenvalue weighted by Gasteiger charge is 2.24. The van der Waals surface area contributed by atoms with Crippen LogP contribution in [0, 0.1) is 6.07 Å². The molecule has 5 heteroatoms. The summed E-state index contributed by atoms with van der Waals surface area (Å²) in [5.74, 6) is 0.899. The molecule has 5 nitrogen and oxygen atoms in total. The third-order valence-corrected chi connectivity index (χ3v) is 9.45. The molecule has 0 fully saturated rings. The van der Waals surface area contributed by atoms with E-state index in [1.54, 1.807) is 0 Å². The summed E-state index contributed by atoms with van der Waals surface area (Å²) in [6.45, 7) is 4.22. The minimum absolute atomic E-state index is 0.755. The van der Waals surface area contributed by atoms with Gasteiger partial charge in [-0.2, -0.15) is 0 Å². The van der Waals surface area contributed by atoms with E-state index in [4.69, 9.17) is 10.00 Å². The molecule has 1 N–H and O–H groups in total. The highest BCUT2D eigenvalue weighted by atomic mass is 16.5. The molecule has 0 saturated heterocycles. The van der Waals surface area contributed by atoms with Crippen LogP contribution in [0.1, 0.15) is 86.5 Å². The number of unbranched alkanes of at least 4 members (excludes halogenated alkanes) is 7. The maximum absolute atomic E-state index is 7.98. The Labute approximate surface area is 275 Å². The standard InChI is InChI=1S/C41H47N4O/c42-32-39(31-33-29-37-11-9-24-45-25-10-12-38(30-33)41(37)45)34-13-15-40(16-14-34)46-28-8-6-4-2-1-3-5-7-23-44-26-19-36(20-27-44)35-17-21-43-22-18-35/h13-22,26-27,29-31H,1-12,23-25,28H2/q+1/p+1/b39-31+. The number of aryl methyl sites for hydroxylation is 3. The van der Waals surface area contributed by atoms with Crippen LogP contribution in [0.25, 0.3) is 22.8 Å². The minimum atomic E-state index is 0.755. The normalized spacial score (nSPS) is 14.1. The first-order chi connectivity index (χ1) is 22.8. The van der Waals surface area contributed by atoms with E-state index in [1.165, 1.54) is 104 Å². The molecular formula is C41H48N4O+2. The van der Waals surface area contributed by atoms with E-state index in [1.807, 2.05) is 24.5 Å². The molecule has 0 amide bonds. The van der Waals surface area contributed by atoms with Crippen LogP contribution < -0.4 is 19.5 Å². The van der Waals surface area contributed by atoms with E-state index in [0.29, 0.717) is 0 Å². The summed E-state index contributed by atoms with van der Waals surface area (Å²) in [6.07, 6.45) is 25.0. The number of hydrogen-bond donors (Lipinski definition) is 1. The summed E-state index contributed by atoms with van der Waals surface area (Å²) in [6, 6.07) is 24.0. The number of benzene rings is 2. The van der Waals surface area contributed by atoms with Gasteiger partial charge in [0.05, 0.1) is 6.61 Å². The summed E-state index contributed by atoms with van der Waals surface area (Å²) in [4.78, 5) is 6.67. The summed E-state index contributed by atoms with van der Waals surface area (Å²) < 4.78 is 8.33. The van der Waals surface area contributed by atoms with Gasteiger partial charge in [0.2, 0.25) is 0 Å². The molecule has 0 atom stereocenters. The zero-order chi connectivity index (χ0) is 31.4. The first kappa shape index (κ1) is 31.5. The van der Waals surface area contributed by atoms with Crippen molar-refractivity contribution in [3.05, 3.63) is 108 Å². The molecule has 0 radical (unpaired) electrons. The van der Waals surface area contributed by atoms with Gasteiger partial charge in [0.1, 0.15) is 17.9 Å². The van der Waals surface area contributed by atoms with Gasteiger partial charge < -0.3 is 9.64 Å². The molecule has 0 aliphatic carbocycles. The Bertz CT molecular complexity index is 1590. The number of nitrogens with zero attached hydrogens (tertiary/aromatic N) is 3. The number of rotatable bonds is 15. The summed E-state index contributed by atoms with van der Waals surface area (Å²) in [5, 5.41) is 7.98. The zero-order valence-electron chi connectivity index (χ0n) is 27.2. The van der Waals surface area contributed by atoms with E-state index in [2.05, 4.69) is 87.5 Å². The van der Waals surface area contributed by atoms with Gasteiger partial charge in [0.25, 0.3) is 0 Å². The van der Waals surface area contributed by atoms with Gasteiger partial charge in [0, 0.05) is 49.7 Å². The van der Waals surface area contributed by atoms with Gasteiger partial charge >= 0.3 is 6.07 Å². The first-order valence-electron chi connectivity index (χ1n) is 17.4. The Morgan fingerprint density at radius 3 is 2.04 bits per heavy atom. The quantitative estimate of drug-likeness (QED) is 0.0666. The molecule has 4 heterocycles. The predicted octanol–water partition coefficient (Wildman–Crippen LogP) is 7.25. The van der Waals surface area contributed by atoms with Crippen molar-refractivity contribution < 1.29 is 14.6 Å². The van der Waals surface area contributed by atoms with E-state index < -0.39 is 0 Å². The fourth-order valence-electron chi connectivity index (χ4n) is 6.99. The second-order valence-corrected chi connectivity index (χ2v) is 12.8. The van der Waals surface area contributed by atoms with Crippen molar-refractivity contribution in [2.75, 3.05) is 24.6 Å². The van der Waals surface area contributed by atoms with Gasteiger partial charge in [-0.1, -0.05) is 37.4 Å². The number of ether oxygens (including phenoxy) is 1. The average Bonchev–Trinajstić information content (AvgIpc) is 3.11. The van der Waals surface area contributed by atoms with Crippen LogP contribution in [0.2, 0.25) is 0 Å². The Balaban J connectivity index is 0.850. The van der Waals surface area contributed by atoms with Crippen LogP contribution in [-0.2, 0) is 19.4 Å². The fraction of sp³-hybridized carbons (Fsp3) is 0.390. The van der Waals surface area contributed by atoms with Crippen molar-refractivity contribution in [2.24, 2.45) is 0 Å². The van der Waals surface area contributed by atoms with Crippen LogP contribution in [0.15, 0.2) is 85.5 Å². The highest BCUT2D eigenvalue weighted by Crippen LogP contribution is 2.37. The van der Waals surface area contributed by atoms with Crippen LogP contribution in [0.5, 0.6) is 5.75 Å². The number of allylic oxidation sites excluding steroid dienone is 1. The molecule has 2 aromatic carbocycles. The van der Waals surface area contributed by atoms with Gasteiger partial charge in [-0.3, -0.25) is 4.98 Å². The van der Waals surface area contributed by atoms with E-state index in [9.17, 15) is 0 Å². The van der Waals surface area contributed by atoms with Crippen molar-refractivity contribution in [1.82, 2.24) is 4.98 Å². The number of anilines is 1. The molecule has 4 aromatic rings. The van der Waals surface area contributed by atoms with Crippen LogP contribution in [0.3, 0.4) is 0 Å². The molecular weight excluding hydrogens is 564 g/mol. The average molecular weight is 613 g/mol. The monoisotopic (exact) mass is 612 g/mol. The zero-order valence-corrected chi connectivity index (χ0v) is 27.2. The molecule has 46 heavy (non-hydrogen) atoms. The first-order valence-corrected chi connectivity index (χ1v) is 17.4. The maximum atomic E-state index is 7.98. The number of pyridine rings is 2. The maximum Gasteiger partial charge on any atom is 0.309 e. The second-order valence-electron chi connectivity index (χ2n) is 12.8. The number of nitrogens with one attached hydrogen (secondary N) is 1. The Morgan fingerprint density at radius 2 is 1.39 bits per heavy atom. The SMILES string of the molecule is [NH+]#C/C(=C\c1cc2c3c(c1)CCCN3CCC2)c1ccc(OCCCCCCCCCC[n+]2ccc(-c3ccncc3)cc2)cc1. The summed E-state index contributed by atoms with van der Waals surface area (Å²) in [5.41, 5.74) is 9.89. The van der Waals surface area contributed by atoms with Crippen molar-refractivity contribution >= 4 is 17.3 Å². The Hall–Kier alpha value is -4.43. The number of hydrogen-bond acceptors (Lipinski definition) is 3. The molecule has 6 rings (SSSR count). The summed E-state index contributed by atoms with van der Waals surface area (Å²) in [7, 11) is 0. The Kier molecular flexibility index (Phi) is 11.1. The lowest BCUT2D eigenvalue weighted by atomic mass is 9.89. The van der Waals surface area contributed by atoms with Crippen molar-refractivity contribution in [1.29, 1.82) is 0 Å². The van der Waals surface area contributed by atoms with E-state index in [-0.39, 0.29) is 0 Å². The van der Waals surface area contributed by atoms with E-state index in [0.717, 1.165) is 49.3 Å². The lowest BCUT2D eigenvalue weighted by Gasteiger charge is -2.37. The molecule has 2 aromatic heterocycles. The summed E-state index contributed by atoms with van der Waals surface area (Å²) >= 11 is 0. The van der Waals surface area contributed by atoms with Crippen LogP contribution >= 0.6 is 0 Å². The third-order valence-electron chi connectivity index (χ3n) is 9.45. The van der Waals surface area contributed by atoms with Gasteiger partial charge in [-0.05, 0) is 127 Å². The van der Waals surface area contributed by atoms with Crippen LogP contribution in [-0.4, -0.2) is 24.7 Å². The topological polar surface area (TPSA) is 53.0 Å². The molecule has 0 spiro atoms. The smallest absolute Gasteiger partial charge is 0.309 e. The Morgan fingerprint density at radius 1 is 0.783 bits per heavy atom.